The Bertz CT molecular complexity index is 1270. The van der Waals surface area contributed by atoms with Crippen LogP contribution >= 0.6 is 11.8 Å². The van der Waals surface area contributed by atoms with Crippen molar-refractivity contribution < 1.29 is 24.2 Å². The van der Waals surface area contributed by atoms with Crippen LogP contribution in [0, 0.1) is 11.8 Å². The van der Waals surface area contributed by atoms with Gasteiger partial charge in [0, 0.05) is 17.0 Å². The smallest absolute Gasteiger partial charge is 0.311 e. The van der Waals surface area contributed by atoms with E-state index in [0.717, 1.165) is 16.5 Å². The number of aliphatic hydroxyl groups is 1. The van der Waals surface area contributed by atoms with E-state index >= 15 is 0 Å². The number of benzene rings is 2. The Morgan fingerprint density at radius 1 is 1.27 bits per heavy atom. The van der Waals surface area contributed by atoms with Crippen molar-refractivity contribution in [3.8, 4) is 0 Å². The van der Waals surface area contributed by atoms with Gasteiger partial charge < -0.3 is 19.6 Å². The highest BCUT2D eigenvalue weighted by Gasteiger charge is 2.78. The lowest BCUT2D eigenvalue weighted by Gasteiger charge is -2.38. The van der Waals surface area contributed by atoms with Gasteiger partial charge in [-0.05, 0) is 56.5 Å². The molecule has 3 aliphatic rings. The van der Waals surface area contributed by atoms with Crippen LogP contribution in [-0.2, 0) is 19.1 Å². The van der Waals surface area contributed by atoms with E-state index in [4.69, 9.17) is 4.74 Å². The van der Waals surface area contributed by atoms with Crippen LogP contribution in [0.25, 0.3) is 10.8 Å². The van der Waals surface area contributed by atoms with E-state index < -0.39 is 33.4 Å². The lowest BCUT2D eigenvalue weighted by molar-refractivity contribution is -0.155. The number of amides is 2. The van der Waals surface area contributed by atoms with E-state index in [0.29, 0.717) is 12.8 Å². The zero-order valence-corrected chi connectivity index (χ0v) is 22.4. The molecule has 37 heavy (non-hydrogen) atoms. The van der Waals surface area contributed by atoms with Crippen molar-refractivity contribution in [2.75, 3.05) is 24.7 Å². The van der Waals surface area contributed by atoms with Gasteiger partial charge in [-0.3, -0.25) is 14.4 Å². The minimum Gasteiger partial charge on any atom is -0.466 e. The molecule has 3 fully saturated rings. The van der Waals surface area contributed by atoms with E-state index in [9.17, 15) is 19.5 Å². The Morgan fingerprint density at radius 2 is 2.00 bits per heavy atom. The van der Waals surface area contributed by atoms with Crippen LogP contribution in [0.5, 0.6) is 0 Å². The van der Waals surface area contributed by atoms with Crippen LogP contribution in [0.15, 0.2) is 55.1 Å². The summed E-state index contributed by atoms with van der Waals surface area (Å²) >= 11 is 1.60. The molecule has 7 nitrogen and oxygen atoms in total. The summed E-state index contributed by atoms with van der Waals surface area (Å²) in [7, 11) is 0. The molecule has 8 heteroatoms. The standard InChI is InChI=1S/C29H34N2O5S/c1-5-15-30(21-12-11-19-9-7-8-10-20(19)16-21)26(34)24-29-14-13-28(4,37-29)23(27(35)36-6-2)22(29)25(33)31(24)18(3)17-32/h5,7-12,16,18,22-24,32H,1,6,13-15,17H2,2-4H3/t18-,22+,23+,24?,28-,29?/m1/s1. The Balaban J connectivity index is 1.61. The zero-order chi connectivity index (χ0) is 26.5. The molecular formula is C29H34N2O5S. The molecule has 0 radical (unpaired) electrons. The Labute approximate surface area is 221 Å². The van der Waals surface area contributed by atoms with Gasteiger partial charge in [0.1, 0.15) is 6.04 Å². The van der Waals surface area contributed by atoms with Crippen molar-refractivity contribution in [1.82, 2.24) is 4.90 Å². The molecule has 6 atom stereocenters. The second-order valence-corrected chi connectivity index (χ2v) is 12.4. The summed E-state index contributed by atoms with van der Waals surface area (Å²) in [6.45, 7) is 9.64. The number of likely N-dealkylation sites (tertiary alicyclic amines) is 1. The van der Waals surface area contributed by atoms with E-state index in [1.807, 2.05) is 49.4 Å². The third kappa shape index (κ3) is 3.79. The third-order valence-electron chi connectivity index (χ3n) is 8.35. The van der Waals surface area contributed by atoms with Crippen LogP contribution in [0.1, 0.15) is 33.6 Å². The quantitative estimate of drug-likeness (QED) is 0.419. The molecule has 1 spiro atoms. The lowest BCUT2D eigenvalue weighted by Crippen LogP contribution is -2.57. The number of thioether (sulfide) groups is 1. The van der Waals surface area contributed by atoms with Crippen molar-refractivity contribution in [2.45, 2.75) is 55.2 Å². The average Bonchev–Trinajstić information content (AvgIpc) is 3.47. The SMILES string of the molecule is C=CCN(C(=O)C1N([C@H](C)CO)C(=O)[C@@H]2[C@@H](C(=O)OCC)[C@@]3(C)CCC12S3)c1ccc2ccccc2c1. The van der Waals surface area contributed by atoms with E-state index in [1.165, 1.54) is 0 Å². The number of nitrogens with zero attached hydrogens (tertiary/aromatic N) is 2. The minimum atomic E-state index is -0.815. The second-order valence-electron chi connectivity index (χ2n) is 10.5. The number of esters is 1. The van der Waals surface area contributed by atoms with Crippen molar-refractivity contribution in [3.63, 3.8) is 0 Å². The first-order valence-corrected chi connectivity index (χ1v) is 13.7. The molecule has 3 aliphatic heterocycles. The van der Waals surface area contributed by atoms with Crippen molar-refractivity contribution in [3.05, 3.63) is 55.1 Å². The van der Waals surface area contributed by atoms with Crippen LogP contribution in [0.3, 0.4) is 0 Å². The first kappa shape index (κ1) is 25.8. The predicted molar refractivity (Wildman–Crippen MR) is 145 cm³/mol. The molecule has 2 bridgehead atoms. The second kappa shape index (κ2) is 9.48. The Kier molecular flexibility index (Phi) is 6.61. The molecule has 0 aromatic heterocycles. The highest BCUT2D eigenvalue weighted by molar-refractivity contribution is 8.02. The number of rotatable bonds is 8. The molecule has 2 aromatic rings. The van der Waals surface area contributed by atoms with Gasteiger partial charge in [0.05, 0.1) is 35.8 Å². The monoisotopic (exact) mass is 522 g/mol. The maximum atomic E-state index is 14.6. The number of fused-ring (bicyclic) bond motifs is 2. The van der Waals surface area contributed by atoms with Crippen LogP contribution in [0.2, 0.25) is 0 Å². The van der Waals surface area contributed by atoms with Gasteiger partial charge >= 0.3 is 5.97 Å². The van der Waals surface area contributed by atoms with Gasteiger partial charge in [0.25, 0.3) is 5.91 Å². The highest BCUT2D eigenvalue weighted by Crippen LogP contribution is 2.71. The molecule has 0 saturated carbocycles. The Hall–Kier alpha value is -2.84. The van der Waals surface area contributed by atoms with E-state index in [2.05, 4.69) is 6.58 Å². The summed E-state index contributed by atoms with van der Waals surface area (Å²) < 4.78 is 4.19. The number of carbonyl (C=O) groups excluding carboxylic acids is 3. The van der Waals surface area contributed by atoms with Gasteiger partial charge in [-0.1, -0.05) is 36.4 Å². The van der Waals surface area contributed by atoms with Gasteiger partial charge in [-0.15, -0.1) is 18.3 Å². The molecular weight excluding hydrogens is 488 g/mol. The summed E-state index contributed by atoms with van der Waals surface area (Å²) in [5.41, 5.74) is 0.721. The molecule has 5 rings (SSSR count). The number of carbonyl (C=O) groups is 3. The summed E-state index contributed by atoms with van der Waals surface area (Å²) in [6, 6.07) is 12.4. The van der Waals surface area contributed by atoms with Crippen molar-refractivity contribution >= 4 is 46.0 Å². The fraction of sp³-hybridized carbons (Fsp3) is 0.483. The van der Waals surface area contributed by atoms with E-state index in [-0.39, 0.29) is 37.5 Å². The minimum absolute atomic E-state index is 0.215. The van der Waals surface area contributed by atoms with Gasteiger partial charge in [-0.2, -0.15) is 0 Å². The molecule has 2 unspecified atom stereocenters. The molecule has 3 saturated heterocycles. The molecule has 2 amide bonds. The molecule has 0 aliphatic carbocycles. The van der Waals surface area contributed by atoms with Crippen LogP contribution < -0.4 is 4.90 Å². The van der Waals surface area contributed by atoms with E-state index in [1.54, 1.807) is 41.5 Å². The topological polar surface area (TPSA) is 87.2 Å². The molecule has 2 aromatic carbocycles. The first-order valence-electron chi connectivity index (χ1n) is 12.9. The fourth-order valence-electron chi connectivity index (χ4n) is 6.74. The number of hydrogen-bond acceptors (Lipinski definition) is 6. The molecule has 3 heterocycles. The summed E-state index contributed by atoms with van der Waals surface area (Å²) in [5.74, 6) is -2.13. The normalized spacial score (nSPS) is 30.9. The first-order chi connectivity index (χ1) is 17.7. The molecule has 196 valence electrons. The maximum Gasteiger partial charge on any atom is 0.311 e. The number of ether oxygens (including phenoxy) is 1. The largest absolute Gasteiger partial charge is 0.466 e. The van der Waals surface area contributed by atoms with Gasteiger partial charge in [0.2, 0.25) is 5.91 Å². The van der Waals surface area contributed by atoms with Crippen molar-refractivity contribution in [2.24, 2.45) is 11.8 Å². The predicted octanol–water partition coefficient (Wildman–Crippen LogP) is 3.78. The summed E-state index contributed by atoms with van der Waals surface area (Å²) in [5, 5.41) is 12.2. The third-order valence-corrected chi connectivity index (χ3v) is 10.3. The van der Waals surface area contributed by atoms with Crippen LogP contribution in [-0.4, -0.2) is 69.1 Å². The number of aliphatic hydroxyl groups excluding tert-OH is 1. The van der Waals surface area contributed by atoms with Crippen molar-refractivity contribution in [1.29, 1.82) is 0 Å². The fourth-order valence-corrected chi connectivity index (χ4v) is 9.06. The lowest BCUT2D eigenvalue weighted by atomic mass is 9.66. The number of hydrogen-bond donors (Lipinski definition) is 1. The average molecular weight is 523 g/mol. The zero-order valence-electron chi connectivity index (χ0n) is 21.6. The van der Waals surface area contributed by atoms with Gasteiger partial charge in [0.15, 0.2) is 0 Å². The summed E-state index contributed by atoms with van der Waals surface area (Å²) in [4.78, 5) is 45.0. The summed E-state index contributed by atoms with van der Waals surface area (Å²) in [6.07, 6.45) is 3.04. The van der Waals surface area contributed by atoms with Gasteiger partial charge in [-0.25, -0.2) is 0 Å². The Morgan fingerprint density at radius 3 is 2.68 bits per heavy atom. The molecule has 1 N–H and O–H groups in total. The maximum absolute atomic E-state index is 14.6. The number of anilines is 1. The highest BCUT2D eigenvalue weighted by atomic mass is 32.2. The van der Waals surface area contributed by atoms with Crippen LogP contribution in [0.4, 0.5) is 5.69 Å².